The van der Waals surface area contributed by atoms with Crippen molar-refractivity contribution in [3.63, 3.8) is 0 Å². The van der Waals surface area contributed by atoms with Crippen LogP contribution in [0.4, 0.5) is 0 Å². The lowest BCUT2D eigenvalue weighted by Gasteiger charge is -2.08. The molecule has 0 radical (unpaired) electrons. The first-order valence-corrected chi connectivity index (χ1v) is 7.37. The van der Waals surface area contributed by atoms with Crippen LogP contribution in [0.1, 0.15) is 5.56 Å². The molecule has 0 aliphatic rings. The first kappa shape index (κ1) is 14.3. The van der Waals surface area contributed by atoms with E-state index in [1.54, 1.807) is 23.9 Å². The largest absolute Gasteiger partial charge is 0.497 e. The fraction of sp³-hybridized carbons (Fsp3) is 0.214. The third-order valence-corrected chi connectivity index (χ3v) is 3.81. The average Bonchev–Trinajstić information content (AvgIpc) is 2.41. The maximum Gasteiger partial charge on any atom is 0.264 e. The van der Waals surface area contributed by atoms with E-state index in [1.807, 2.05) is 24.3 Å². The summed E-state index contributed by atoms with van der Waals surface area (Å²) in [5.74, 6) is 0.839. The van der Waals surface area contributed by atoms with E-state index in [9.17, 15) is 4.79 Å². The zero-order chi connectivity index (χ0) is 13.8. The molecule has 0 spiro atoms. The summed E-state index contributed by atoms with van der Waals surface area (Å²) < 4.78 is 8.26. The Balaban J connectivity index is 2.12. The smallest absolute Gasteiger partial charge is 0.264 e. The van der Waals surface area contributed by atoms with Crippen molar-refractivity contribution in [3.8, 4) is 5.75 Å². The lowest BCUT2D eigenvalue weighted by molar-refractivity contribution is 0.414. The second-order valence-corrected chi connectivity index (χ2v) is 5.87. The van der Waals surface area contributed by atoms with Crippen molar-refractivity contribution in [2.24, 2.45) is 0 Å². The molecular formula is C14H13Br2NO2. The Labute approximate surface area is 128 Å². The van der Waals surface area contributed by atoms with Crippen LogP contribution in [0.25, 0.3) is 0 Å². The Kier molecular flexibility index (Phi) is 4.82. The van der Waals surface area contributed by atoms with Gasteiger partial charge in [0, 0.05) is 17.2 Å². The lowest BCUT2D eigenvalue weighted by atomic mass is 10.1. The monoisotopic (exact) mass is 385 g/mol. The molecular weight excluding hydrogens is 374 g/mol. The molecule has 0 saturated carbocycles. The van der Waals surface area contributed by atoms with Gasteiger partial charge in [0.05, 0.1) is 11.6 Å². The van der Waals surface area contributed by atoms with Crippen molar-refractivity contribution in [2.45, 2.75) is 13.0 Å². The molecule has 100 valence electrons. The Bertz CT molecular complexity index is 620. The van der Waals surface area contributed by atoms with Crippen LogP contribution in [-0.2, 0) is 13.0 Å². The van der Waals surface area contributed by atoms with Crippen molar-refractivity contribution in [2.75, 3.05) is 7.11 Å². The quantitative estimate of drug-likeness (QED) is 0.803. The van der Waals surface area contributed by atoms with Crippen molar-refractivity contribution in [1.29, 1.82) is 0 Å². The molecule has 3 nitrogen and oxygen atoms in total. The third kappa shape index (κ3) is 3.70. The summed E-state index contributed by atoms with van der Waals surface area (Å²) in [6.07, 6.45) is 2.60. The number of benzene rings is 1. The normalized spacial score (nSPS) is 10.5. The lowest BCUT2D eigenvalue weighted by Crippen LogP contribution is -2.21. The predicted molar refractivity (Wildman–Crippen MR) is 82.8 cm³/mol. The SMILES string of the molecule is COc1ccc(CCn2cc(Br)cc(Br)c2=O)cc1. The van der Waals surface area contributed by atoms with Crippen LogP contribution >= 0.6 is 31.9 Å². The van der Waals surface area contributed by atoms with Gasteiger partial charge in [-0.3, -0.25) is 4.79 Å². The van der Waals surface area contributed by atoms with Crippen LogP contribution in [0, 0.1) is 0 Å². The minimum absolute atomic E-state index is 0.0169. The number of pyridine rings is 1. The number of hydrogen-bond acceptors (Lipinski definition) is 2. The van der Waals surface area contributed by atoms with Gasteiger partial charge in [-0.05, 0) is 62.0 Å². The van der Waals surface area contributed by atoms with E-state index >= 15 is 0 Å². The second kappa shape index (κ2) is 6.39. The van der Waals surface area contributed by atoms with E-state index in [0.29, 0.717) is 11.0 Å². The van der Waals surface area contributed by atoms with E-state index in [2.05, 4.69) is 31.9 Å². The molecule has 1 aromatic heterocycles. The molecule has 0 atom stereocenters. The Morgan fingerprint density at radius 1 is 1.21 bits per heavy atom. The Morgan fingerprint density at radius 2 is 1.89 bits per heavy atom. The molecule has 0 aliphatic carbocycles. The topological polar surface area (TPSA) is 31.2 Å². The Morgan fingerprint density at radius 3 is 2.53 bits per heavy atom. The standard InChI is InChI=1S/C14H13Br2NO2/c1-19-12-4-2-10(3-5-12)6-7-17-9-11(15)8-13(16)14(17)18/h2-5,8-9H,6-7H2,1H3. The highest BCUT2D eigenvalue weighted by Gasteiger charge is 2.03. The predicted octanol–water partition coefficient (Wildman–Crippen LogP) is 3.62. The zero-order valence-corrected chi connectivity index (χ0v) is 13.6. The molecule has 0 bridgehead atoms. The van der Waals surface area contributed by atoms with Gasteiger partial charge in [-0.25, -0.2) is 0 Å². The average molecular weight is 387 g/mol. The van der Waals surface area contributed by atoms with Crippen LogP contribution in [0.5, 0.6) is 5.75 Å². The first-order chi connectivity index (χ1) is 9.10. The summed E-state index contributed by atoms with van der Waals surface area (Å²) >= 11 is 6.65. The molecule has 1 heterocycles. The van der Waals surface area contributed by atoms with Gasteiger partial charge >= 0.3 is 0 Å². The van der Waals surface area contributed by atoms with Crippen molar-refractivity contribution < 1.29 is 4.74 Å². The van der Waals surface area contributed by atoms with Gasteiger partial charge in [0.25, 0.3) is 5.56 Å². The van der Waals surface area contributed by atoms with Crippen LogP contribution in [0.2, 0.25) is 0 Å². The molecule has 0 unspecified atom stereocenters. The van der Waals surface area contributed by atoms with Crippen LogP contribution < -0.4 is 10.3 Å². The first-order valence-electron chi connectivity index (χ1n) is 5.78. The summed E-state index contributed by atoms with van der Waals surface area (Å²) in [7, 11) is 1.65. The van der Waals surface area contributed by atoms with Gasteiger partial charge in [-0.1, -0.05) is 12.1 Å². The molecule has 0 saturated heterocycles. The number of aryl methyl sites for hydroxylation is 2. The van der Waals surface area contributed by atoms with Gasteiger partial charge in [0.1, 0.15) is 5.75 Å². The number of halogens is 2. The van der Waals surface area contributed by atoms with Gasteiger partial charge < -0.3 is 9.30 Å². The summed E-state index contributed by atoms with van der Waals surface area (Å²) in [6.45, 7) is 0.642. The summed E-state index contributed by atoms with van der Waals surface area (Å²) in [6, 6.07) is 9.63. The van der Waals surface area contributed by atoms with Crippen LogP contribution in [0.15, 0.2) is 50.3 Å². The molecule has 5 heteroatoms. The van der Waals surface area contributed by atoms with Crippen molar-refractivity contribution in [1.82, 2.24) is 4.57 Å². The van der Waals surface area contributed by atoms with E-state index in [4.69, 9.17) is 4.74 Å². The Hall–Kier alpha value is -1.07. The zero-order valence-electron chi connectivity index (χ0n) is 10.4. The number of nitrogens with zero attached hydrogens (tertiary/aromatic N) is 1. The van der Waals surface area contributed by atoms with Crippen molar-refractivity contribution >= 4 is 31.9 Å². The molecule has 0 aliphatic heterocycles. The third-order valence-electron chi connectivity index (χ3n) is 2.81. The molecule has 0 amide bonds. The highest BCUT2D eigenvalue weighted by atomic mass is 79.9. The molecule has 2 aromatic rings. The number of aromatic nitrogens is 1. The summed E-state index contributed by atoms with van der Waals surface area (Å²) in [5, 5.41) is 0. The fourth-order valence-corrected chi connectivity index (χ4v) is 3.03. The number of methoxy groups -OCH3 is 1. The summed E-state index contributed by atoms with van der Waals surface area (Å²) in [5.41, 5.74) is 1.15. The number of rotatable bonds is 4. The molecule has 19 heavy (non-hydrogen) atoms. The van der Waals surface area contributed by atoms with Gasteiger partial charge in [-0.2, -0.15) is 0 Å². The second-order valence-electron chi connectivity index (χ2n) is 4.10. The van der Waals surface area contributed by atoms with Crippen LogP contribution in [-0.4, -0.2) is 11.7 Å². The maximum atomic E-state index is 11.9. The highest BCUT2D eigenvalue weighted by Crippen LogP contribution is 2.14. The minimum atomic E-state index is -0.0169. The van der Waals surface area contributed by atoms with Crippen molar-refractivity contribution in [3.05, 3.63) is 61.4 Å². The van der Waals surface area contributed by atoms with Crippen LogP contribution in [0.3, 0.4) is 0 Å². The minimum Gasteiger partial charge on any atom is -0.497 e. The summed E-state index contributed by atoms with van der Waals surface area (Å²) in [4.78, 5) is 11.9. The van der Waals surface area contributed by atoms with E-state index in [0.717, 1.165) is 16.6 Å². The highest BCUT2D eigenvalue weighted by molar-refractivity contribution is 9.11. The molecule has 0 N–H and O–H groups in total. The maximum absolute atomic E-state index is 11.9. The van der Waals surface area contributed by atoms with Gasteiger partial charge in [0.2, 0.25) is 0 Å². The number of ether oxygens (including phenoxy) is 1. The van der Waals surface area contributed by atoms with E-state index < -0.39 is 0 Å². The number of hydrogen-bond donors (Lipinski definition) is 0. The fourth-order valence-electron chi connectivity index (χ4n) is 1.77. The van der Waals surface area contributed by atoms with E-state index in [-0.39, 0.29) is 5.56 Å². The van der Waals surface area contributed by atoms with Gasteiger partial charge in [-0.15, -0.1) is 0 Å². The van der Waals surface area contributed by atoms with E-state index in [1.165, 1.54) is 5.56 Å². The molecule has 2 rings (SSSR count). The molecule has 1 aromatic carbocycles. The molecule has 0 fully saturated rings. The van der Waals surface area contributed by atoms with Gasteiger partial charge in [0.15, 0.2) is 0 Å².